The number of rotatable bonds is 6. The van der Waals surface area contributed by atoms with Crippen molar-refractivity contribution in [2.24, 2.45) is 5.92 Å². The van der Waals surface area contributed by atoms with Crippen LogP contribution in [0.4, 0.5) is 13.2 Å². The zero-order valence-electron chi connectivity index (χ0n) is 10.1. The van der Waals surface area contributed by atoms with Gasteiger partial charge in [-0.2, -0.15) is 13.2 Å². The lowest BCUT2D eigenvalue weighted by Crippen LogP contribution is -2.18. The van der Waals surface area contributed by atoms with E-state index < -0.39 is 5.51 Å². The third kappa shape index (κ3) is 4.24. The van der Waals surface area contributed by atoms with Crippen molar-refractivity contribution >= 4 is 11.8 Å². The number of hydrogen-bond donors (Lipinski definition) is 1. The average Bonchev–Trinajstić information content (AvgIpc) is 2.82. The minimum Gasteiger partial charge on any atom is -0.464 e. The van der Waals surface area contributed by atoms with Gasteiger partial charge in [-0.05, 0) is 36.2 Å². The highest BCUT2D eigenvalue weighted by Gasteiger charge is 2.36. The van der Waals surface area contributed by atoms with Gasteiger partial charge < -0.3 is 9.73 Å². The molecule has 1 aliphatic carbocycles. The molecular formula is C12H16F3NOS. The van der Waals surface area contributed by atoms with Gasteiger partial charge in [-0.1, -0.05) is 6.92 Å². The second-order valence-electron chi connectivity index (χ2n) is 4.59. The fraction of sp³-hybridized carbons (Fsp3) is 0.667. The number of alkyl halides is 3. The molecule has 102 valence electrons. The SMILES string of the molecule is CC1CC1c1ccc(CNCCSC(F)(F)F)o1. The molecule has 1 saturated carbocycles. The number of thioether (sulfide) groups is 1. The second kappa shape index (κ2) is 5.57. The normalized spacial score (nSPS) is 23.3. The molecule has 1 fully saturated rings. The first-order chi connectivity index (χ1) is 8.46. The summed E-state index contributed by atoms with van der Waals surface area (Å²) < 4.78 is 41.2. The number of furan rings is 1. The molecule has 2 atom stereocenters. The predicted molar refractivity (Wildman–Crippen MR) is 65.4 cm³/mol. The van der Waals surface area contributed by atoms with Crippen molar-refractivity contribution in [2.75, 3.05) is 12.3 Å². The summed E-state index contributed by atoms with van der Waals surface area (Å²) in [5.41, 5.74) is -4.14. The Balaban J connectivity index is 1.63. The molecule has 0 radical (unpaired) electrons. The van der Waals surface area contributed by atoms with E-state index in [9.17, 15) is 13.2 Å². The summed E-state index contributed by atoms with van der Waals surface area (Å²) in [5, 5.41) is 2.94. The third-order valence-corrected chi connectivity index (χ3v) is 3.74. The Hall–Kier alpha value is -0.620. The molecule has 1 N–H and O–H groups in total. The Kier molecular flexibility index (Phi) is 4.27. The molecule has 0 aliphatic heterocycles. The number of halogens is 3. The molecule has 0 aromatic carbocycles. The Morgan fingerprint density at radius 1 is 1.44 bits per heavy atom. The third-order valence-electron chi connectivity index (χ3n) is 3.00. The minimum atomic E-state index is -4.14. The summed E-state index contributed by atoms with van der Waals surface area (Å²) in [4.78, 5) is 0. The van der Waals surface area contributed by atoms with E-state index in [1.165, 1.54) is 6.42 Å². The van der Waals surface area contributed by atoms with Gasteiger partial charge in [0.05, 0.1) is 6.54 Å². The van der Waals surface area contributed by atoms with Crippen molar-refractivity contribution < 1.29 is 17.6 Å². The van der Waals surface area contributed by atoms with Crippen molar-refractivity contribution in [3.63, 3.8) is 0 Å². The van der Waals surface area contributed by atoms with Gasteiger partial charge >= 0.3 is 5.51 Å². The summed E-state index contributed by atoms with van der Waals surface area (Å²) in [6.45, 7) is 2.99. The maximum atomic E-state index is 11.9. The van der Waals surface area contributed by atoms with E-state index in [0.29, 0.717) is 24.9 Å². The zero-order chi connectivity index (χ0) is 13.2. The van der Waals surface area contributed by atoms with Gasteiger partial charge in [0, 0.05) is 18.2 Å². The molecule has 0 spiro atoms. The van der Waals surface area contributed by atoms with E-state index in [0.717, 1.165) is 11.5 Å². The summed E-state index contributed by atoms with van der Waals surface area (Å²) in [6, 6.07) is 3.86. The van der Waals surface area contributed by atoms with Crippen LogP contribution in [0.15, 0.2) is 16.5 Å². The maximum Gasteiger partial charge on any atom is 0.441 e. The number of nitrogens with one attached hydrogen (secondary N) is 1. The van der Waals surface area contributed by atoms with Gasteiger partial charge in [0.25, 0.3) is 0 Å². The van der Waals surface area contributed by atoms with Gasteiger partial charge in [-0.25, -0.2) is 0 Å². The van der Waals surface area contributed by atoms with Crippen LogP contribution in [0, 0.1) is 5.92 Å². The fourth-order valence-electron chi connectivity index (χ4n) is 1.86. The second-order valence-corrected chi connectivity index (χ2v) is 5.75. The van der Waals surface area contributed by atoms with E-state index in [2.05, 4.69) is 12.2 Å². The molecule has 2 rings (SSSR count). The number of hydrogen-bond acceptors (Lipinski definition) is 3. The summed E-state index contributed by atoms with van der Waals surface area (Å²) >= 11 is -0.00401. The Bertz CT molecular complexity index is 391. The highest BCUT2D eigenvalue weighted by Crippen LogP contribution is 2.47. The van der Waals surface area contributed by atoms with E-state index >= 15 is 0 Å². The molecule has 0 bridgehead atoms. The van der Waals surface area contributed by atoms with Gasteiger partial charge in [0.15, 0.2) is 0 Å². The Labute approximate surface area is 108 Å². The molecular weight excluding hydrogens is 263 g/mol. The molecule has 6 heteroatoms. The Morgan fingerprint density at radius 3 is 2.78 bits per heavy atom. The minimum absolute atomic E-state index is 0.00401. The van der Waals surface area contributed by atoms with Crippen LogP contribution in [0.3, 0.4) is 0 Å². The lowest BCUT2D eigenvalue weighted by Gasteiger charge is -2.05. The van der Waals surface area contributed by atoms with Crippen LogP contribution in [-0.4, -0.2) is 17.8 Å². The first-order valence-corrected chi connectivity index (χ1v) is 6.94. The predicted octanol–water partition coefficient (Wildman–Crippen LogP) is 3.75. The molecule has 1 aliphatic rings. The summed E-state index contributed by atoms with van der Waals surface area (Å²) in [7, 11) is 0. The molecule has 1 aromatic heterocycles. The van der Waals surface area contributed by atoms with Crippen molar-refractivity contribution in [2.45, 2.75) is 31.3 Å². The van der Waals surface area contributed by atoms with Crippen molar-refractivity contribution in [3.05, 3.63) is 23.7 Å². The van der Waals surface area contributed by atoms with Crippen LogP contribution >= 0.6 is 11.8 Å². The monoisotopic (exact) mass is 279 g/mol. The van der Waals surface area contributed by atoms with Crippen LogP contribution in [-0.2, 0) is 6.54 Å². The first-order valence-electron chi connectivity index (χ1n) is 5.96. The highest BCUT2D eigenvalue weighted by atomic mass is 32.2. The summed E-state index contributed by atoms with van der Waals surface area (Å²) in [5.74, 6) is 3.06. The molecule has 1 aromatic rings. The Morgan fingerprint density at radius 2 is 2.17 bits per heavy atom. The van der Waals surface area contributed by atoms with Gasteiger partial charge in [-0.15, -0.1) is 0 Å². The fourth-order valence-corrected chi connectivity index (χ4v) is 2.34. The van der Waals surface area contributed by atoms with E-state index in [4.69, 9.17) is 4.42 Å². The smallest absolute Gasteiger partial charge is 0.441 e. The quantitative estimate of drug-likeness (QED) is 0.803. The van der Waals surface area contributed by atoms with Gasteiger partial charge in [0.2, 0.25) is 0 Å². The van der Waals surface area contributed by atoms with Crippen molar-refractivity contribution in [1.82, 2.24) is 5.32 Å². The average molecular weight is 279 g/mol. The van der Waals surface area contributed by atoms with Crippen LogP contribution in [0.25, 0.3) is 0 Å². The largest absolute Gasteiger partial charge is 0.464 e. The van der Waals surface area contributed by atoms with E-state index in [1.807, 2.05) is 12.1 Å². The maximum absolute atomic E-state index is 11.9. The van der Waals surface area contributed by atoms with Crippen LogP contribution in [0.5, 0.6) is 0 Å². The molecule has 2 unspecified atom stereocenters. The topological polar surface area (TPSA) is 25.2 Å². The van der Waals surface area contributed by atoms with Crippen LogP contribution in [0.1, 0.15) is 30.8 Å². The molecule has 2 nitrogen and oxygen atoms in total. The van der Waals surface area contributed by atoms with E-state index in [-0.39, 0.29) is 17.5 Å². The van der Waals surface area contributed by atoms with Crippen LogP contribution in [0.2, 0.25) is 0 Å². The van der Waals surface area contributed by atoms with Gasteiger partial charge in [-0.3, -0.25) is 0 Å². The lowest BCUT2D eigenvalue weighted by molar-refractivity contribution is -0.0327. The molecule has 1 heterocycles. The van der Waals surface area contributed by atoms with Gasteiger partial charge in [0.1, 0.15) is 11.5 Å². The lowest BCUT2D eigenvalue weighted by atomic mass is 10.3. The van der Waals surface area contributed by atoms with E-state index in [1.54, 1.807) is 0 Å². The van der Waals surface area contributed by atoms with Crippen LogP contribution < -0.4 is 5.32 Å². The zero-order valence-corrected chi connectivity index (χ0v) is 10.9. The standard InChI is InChI=1S/C12H16F3NOS/c1-8-6-10(8)11-3-2-9(17-11)7-16-4-5-18-12(13,14)15/h2-3,8,10,16H,4-7H2,1H3. The summed E-state index contributed by atoms with van der Waals surface area (Å²) in [6.07, 6.45) is 1.17. The highest BCUT2D eigenvalue weighted by molar-refractivity contribution is 8.00. The molecule has 0 amide bonds. The first kappa shape index (κ1) is 13.8. The van der Waals surface area contributed by atoms with Crippen molar-refractivity contribution in [3.8, 4) is 0 Å². The molecule has 18 heavy (non-hydrogen) atoms. The van der Waals surface area contributed by atoms with Crippen molar-refractivity contribution in [1.29, 1.82) is 0 Å². The molecule has 0 saturated heterocycles.